The smallest absolute Gasteiger partial charge is 0.393 e. The molecule has 4 aromatic rings. The van der Waals surface area contributed by atoms with Crippen LogP contribution in [-0.4, -0.2) is 47.0 Å². The summed E-state index contributed by atoms with van der Waals surface area (Å²) in [5.41, 5.74) is 7.39. The number of carbonyl (C=O) groups excluding carboxylic acids is 1. The van der Waals surface area contributed by atoms with Crippen LogP contribution in [0, 0.1) is 5.95 Å². The second-order valence-corrected chi connectivity index (χ2v) is 8.56. The lowest BCUT2D eigenvalue weighted by Crippen LogP contribution is -2.21. The summed E-state index contributed by atoms with van der Waals surface area (Å²) in [4.78, 5) is 14.8. The first kappa shape index (κ1) is 27.5. The Kier molecular flexibility index (Phi) is 8.72. The van der Waals surface area contributed by atoms with E-state index in [2.05, 4.69) is 20.5 Å². The van der Waals surface area contributed by atoms with Gasteiger partial charge in [0.2, 0.25) is 17.7 Å². The van der Waals surface area contributed by atoms with Crippen LogP contribution in [0.4, 0.5) is 17.6 Å². The molecule has 4 rings (SSSR count). The third-order valence-electron chi connectivity index (χ3n) is 5.66. The predicted molar refractivity (Wildman–Crippen MR) is 141 cm³/mol. The number of nitrogens with one attached hydrogen (secondary N) is 2. The van der Waals surface area contributed by atoms with Crippen molar-refractivity contribution >= 4 is 28.5 Å². The molecular formula is C28H25F4N5O2. The number of nitrogens with two attached hydrogens (primary N) is 1. The second-order valence-electron chi connectivity index (χ2n) is 8.56. The second kappa shape index (κ2) is 12.4. The Balaban J connectivity index is 1.55. The Morgan fingerprint density at radius 3 is 2.69 bits per heavy atom. The summed E-state index contributed by atoms with van der Waals surface area (Å²) < 4.78 is 60.5. The van der Waals surface area contributed by atoms with Crippen LogP contribution in [0.3, 0.4) is 0 Å². The number of pyridine rings is 1. The Hall–Kier alpha value is -4.51. The third-order valence-corrected chi connectivity index (χ3v) is 5.66. The summed E-state index contributed by atoms with van der Waals surface area (Å²) in [6.07, 6.45) is 0.0878. The summed E-state index contributed by atoms with van der Waals surface area (Å²) in [5.74, 6) is -0.825. The van der Waals surface area contributed by atoms with E-state index in [1.54, 1.807) is 60.7 Å². The molecule has 0 saturated carbocycles. The van der Waals surface area contributed by atoms with E-state index in [1.165, 1.54) is 18.3 Å². The van der Waals surface area contributed by atoms with Gasteiger partial charge >= 0.3 is 6.18 Å². The minimum absolute atomic E-state index is 0.0366. The number of amides is 1. The van der Waals surface area contributed by atoms with Crippen LogP contribution in [0.25, 0.3) is 33.7 Å². The van der Waals surface area contributed by atoms with Gasteiger partial charge in [-0.05, 0) is 58.2 Å². The number of rotatable bonds is 11. The lowest BCUT2D eigenvalue weighted by Gasteiger charge is -2.16. The fraction of sp³-hybridized carbons (Fsp3) is 0.179. The number of primary amides is 1. The van der Waals surface area contributed by atoms with Crippen molar-refractivity contribution in [3.05, 3.63) is 90.0 Å². The van der Waals surface area contributed by atoms with Gasteiger partial charge in [0.05, 0.1) is 17.3 Å². The van der Waals surface area contributed by atoms with Crippen LogP contribution in [0.5, 0.6) is 5.88 Å². The lowest BCUT2D eigenvalue weighted by atomic mass is 9.91. The van der Waals surface area contributed by atoms with Crippen LogP contribution < -0.4 is 15.8 Å². The van der Waals surface area contributed by atoms with Crippen molar-refractivity contribution < 1.29 is 27.1 Å². The van der Waals surface area contributed by atoms with E-state index in [1.807, 2.05) is 0 Å². The monoisotopic (exact) mass is 539 g/mol. The number of allylic oxidation sites excluding steroid dienone is 1. The summed E-state index contributed by atoms with van der Waals surface area (Å²) in [6.45, 7) is 1.21. The Labute approximate surface area is 221 Å². The number of hydrogen-bond donors (Lipinski definition) is 3. The topological polar surface area (TPSA) is 106 Å². The van der Waals surface area contributed by atoms with Crippen molar-refractivity contribution in [2.75, 3.05) is 19.7 Å². The summed E-state index contributed by atoms with van der Waals surface area (Å²) in [5, 5.41) is 9.42. The van der Waals surface area contributed by atoms with Gasteiger partial charge in [0, 0.05) is 25.4 Å². The largest absolute Gasteiger partial charge is 0.476 e. The van der Waals surface area contributed by atoms with Crippen LogP contribution in [0.15, 0.2) is 72.9 Å². The van der Waals surface area contributed by atoms with Gasteiger partial charge in [0.1, 0.15) is 6.61 Å². The van der Waals surface area contributed by atoms with Crippen molar-refractivity contribution in [1.82, 2.24) is 20.5 Å². The van der Waals surface area contributed by atoms with Crippen molar-refractivity contribution in [1.29, 1.82) is 0 Å². The van der Waals surface area contributed by atoms with Crippen LogP contribution in [-0.2, 0) is 4.79 Å². The van der Waals surface area contributed by atoms with Crippen molar-refractivity contribution in [2.45, 2.75) is 12.6 Å². The number of ether oxygens (including phenoxy) is 1. The van der Waals surface area contributed by atoms with Gasteiger partial charge in [-0.3, -0.25) is 9.89 Å². The fourth-order valence-electron chi connectivity index (χ4n) is 3.95. The molecule has 39 heavy (non-hydrogen) atoms. The maximum Gasteiger partial charge on any atom is 0.393 e. The van der Waals surface area contributed by atoms with E-state index in [0.717, 1.165) is 0 Å². The standard InChI is InChI=1S/C28H25F4N5O2/c29-27-23-15-19(8-9-24(23)36-37-27)21-4-1-2-5-22(21)20(16-28(30,31)32)14-18-7-10-26(35-17-18)39-13-12-34-11-3-6-25(33)38/h1-10,14-15,17,34H,11-13,16H2,(H2,33,38)(H,36,37)/b6-3+,20-14-. The molecule has 0 radical (unpaired) electrons. The van der Waals surface area contributed by atoms with E-state index in [0.29, 0.717) is 53.3 Å². The van der Waals surface area contributed by atoms with Gasteiger partial charge in [0.15, 0.2) is 0 Å². The normalized spacial score (nSPS) is 12.4. The van der Waals surface area contributed by atoms with E-state index < -0.39 is 24.5 Å². The van der Waals surface area contributed by atoms with Gasteiger partial charge in [-0.1, -0.05) is 36.4 Å². The molecule has 0 aliphatic rings. The van der Waals surface area contributed by atoms with Gasteiger partial charge in [-0.15, -0.1) is 0 Å². The first-order chi connectivity index (χ1) is 18.7. The molecule has 0 aliphatic heterocycles. The number of H-pyrrole nitrogens is 1. The van der Waals surface area contributed by atoms with Crippen LogP contribution in [0.2, 0.25) is 0 Å². The molecule has 0 saturated heterocycles. The highest BCUT2D eigenvalue weighted by molar-refractivity contribution is 5.92. The minimum atomic E-state index is -4.46. The zero-order chi connectivity index (χ0) is 27.8. The number of alkyl halides is 3. The summed E-state index contributed by atoms with van der Waals surface area (Å²) in [6, 6.07) is 14.8. The number of nitrogens with zero attached hydrogens (tertiary/aromatic N) is 2. The highest BCUT2D eigenvalue weighted by Gasteiger charge is 2.30. The van der Waals surface area contributed by atoms with Crippen molar-refractivity contribution in [3.8, 4) is 17.0 Å². The molecule has 2 heterocycles. The first-order valence-electron chi connectivity index (χ1n) is 12.0. The Bertz CT molecular complexity index is 1490. The maximum absolute atomic E-state index is 14.1. The molecule has 7 nitrogen and oxygen atoms in total. The summed E-state index contributed by atoms with van der Waals surface area (Å²) >= 11 is 0. The Morgan fingerprint density at radius 1 is 1.13 bits per heavy atom. The SMILES string of the molecule is NC(=O)/C=C/CNCCOc1ccc(/C=C(/CC(F)(F)F)c2ccccc2-c2ccc3n[nH]c(F)c3c2)cn1. The van der Waals surface area contributed by atoms with Crippen molar-refractivity contribution in [2.24, 2.45) is 5.73 Å². The predicted octanol–water partition coefficient (Wildman–Crippen LogP) is 5.27. The molecule has 2 aromatic carbocycles. The number of aromatic nitrogens is 3. The number of aromatic amines is 1. The third kappa shape index (κ3) is 7.74. The molecule has 1 amide bonds. The molecule has 0 fully saturated rings. The van der Waals surface area contributed by atoms with Crippen LogP contribution in [0.1, 0.15) is 17.5 Å². The highest BCUT2D eigenvalue weighted by atomic mass is 19.4. The van der Waals surface area contributed by atoms with Crippen LogP contribution >= 0.6 is 0 Å². The molecule has 0 spiro atoms. The van der Waals surface area contributed by atoms with E-state index in [-0.39, 0.29) is 11.0 Å². The van der Waals surface area contributed by atoms with E-state index in [9.17, 15) is 22.4 Å². The summed E-state index contributed by atoms with van der Waals surface area (Å²) in [7, 11) is 0. The van der Waals surface area contributed by atoms with E-state index in [4.69, 9.17) is 10.5 Å². The number of benzene rings is 2. The fourth-order valence-corrected chi connectivity index (χ4v) is 3.95. The average Bonchev–Trinajstić information content (AvgIpc) is 3.27. The zero-order valence-corrected chi connectivity index (χ0v) is 20.6. The number of halogens is 4. The maximum atomic E-state index is 14.1. The highest BCUT2D eigenvalue weighted by Crippen LogP contribution is 2.37. The molecule has 0 unspecified atom stereocenters. The van der Waals surface area contributed by atoms with Gasteiger partial charge in [0.25, 0.3) is 0 Å². The molecule has 0 aliphatic carbocycles. The molecule has 0 atom stereocenters. The first-order valence-corrected chi connectivity index (χ1v) is 12.0. The average molecular weight is 540 g/mol. The molecule has 0 bridgehead atoms. The molecule has 202 valence electrons. The zero-order valence-electron chi connectivity index (χ0n) is 20.6. The van der Waals surface area contributed by atoms with Gasteiger partial charge in [-0.25, -0.2) is 4.98 Å². The molecular weight excluding hydrogens is 514 g/mol. The van der Waals surface area contributed by atoms with Gasteiger partial charge in [-0.2, -0.15) is 22.7 Å². The van der Waals surface area contributed by atoms with E-state index >= 15 is 0 Å². The molecule has 4 N–H and O–H groups in total. The lowest BCUT2D eigenvalue weighted by molar-refractivity contribution is -0.123. The number of hydrogen-bond acceptors (Lipinski definition) is 5. The van der Waals surface area contributed by atoms with Crippen molar-refractivity contribution in [3.63, 3.8) is 0 Å². The number of fused-ring (bicyclic) bond motifs is 1. The minimum Gasteiger partial charge on any atom is -0.476 e. The number of carbonyl (C=O) groups is 1. The molecule has 2 aromatic heterocycles. The molecule has 11 heteroatoms. The van der Waals surface area contributed by atoms with Gasteiger partial charge < -0.3 is 15.8 Å². The Morgan fingerprint density at radius 2 is 1.95 bits per heavy atom. The quantitative estimate of drug-likeness (QED) is 0.137.